The number of rotatable bonds is 6. The molecule has 4 nitrogen and oxygen atoms in total. The molecule has 0 bridgehead atoms. The smallest absolute Gasteiger partial charge is 0.335 e. The molecule has 124 valence electrons. The van der Waals surface area contributed by atoms with Crippen molar-refractivity contribution in [1.82, 2.24) is 5.32 Å². The first-order chi connectivity index (χ1) is 11.5. The van der Waals surface area contributed by atoms with E-state index in [1.807, 2.05) is 30.3 Å². The molecule has 1 aliphatic carbocycles. The Balaban J connectivity index is 1.49. The number of carboxylic acid groups (broad SMARTS) is 1. The van der Waals surface area contributed by atoms with Gasteiger partial charge in [-0.3, -0.25) is 4.79 Å². The minimum atomic E-state index is -0.941. The maximum atomic E-state index is 12.2. The number of benzene rings is 2. The molecule has 2 N–H and O–H groups in total. The lowest BCUT2D eigenvalue weighted by Crippen LogP contribution is -2.27. The average Bonchev–Trinajstić information content (AvgIpc) is 3.36. The summed E-state index contributed by atoms with van der Waals surface area (Å²) in [4.78, 5) is 23.1. The molecule has 1 saturated carbocycles. The van der Waals surface area contributed by atoms with Crippen molar-refractivity contribution in [1.29, 1.82) is 0 Å². The van der Waals surface area contributed by atoms with E-state index in [9.17, 15) is 9.59 Å². The van der Waals surface area contributed by atoms with E-state index < -0.39 is 5.97 Å². The van der Waals surface area contributed by atoms with E-state index in [1.54, 1.807) is 18.2 Å². The number of carboxylic acids is 1. The minimum absolute atomic E-state index is 0.00817. The number of hydrogen-bond acceptors (Lipinski definition) is 2. The standard InChI is InChI=1S/C19H18ClNO3/c20-15-6-2-4-13(10-15)16-11-17(16)18(22)21-8-7-12-3-1-5-14(9-12)19(23)24/h1-6,9-10,16-17H,7-8,11H2,(H,21,22)(H,23,24). The number of nitrogens with one attached hydrogen (secondary N) is 1. The summed E-state index contributed by atoms with van der Waals surface area (Å²) in [6.45, 7) is 0.501. The number of amides is 1. The van der Waals surface area contributed by atoms with Crippen LogP contribution in [0.1, 0.15) is 33.8 Å². The molecule has 24 heavy (non-hydrogen) atoms. The van der Waals surface area contributed by atoms with Crippen LogP contribution in [0.4, 0.5) is 0 Å². The van der Waals surface area contributed by atoms with Crippen LogP contribution in [0.5, 0.6) is 0 Å². The average molecular weight is 344 g/mol. The van der Waals surface area contributed by atoms with Gasteiger partial charge in [-0.15, -0.1) is 0 Å². The Labute approximate surface area is 145 Å². The Kier molecular flexibility index (Phi) is 4.86. The first-order valence-corrected chi connectivity index (χ1v) is 8.28. The predicted octanol–water partition coefficient (Wildman–Crippen LogP) is 3.50. The molecule has 1 amide bonds. The van der Waals surface area contributed by atoms with Gasteiger partial charge in [0.2, 0.25) is 5.91 Å². The molecular formula is C19H18ClNO3. The molecule has 0 spiro atoms. The highest BCUT2D eigenvalue weighted by molar-refractivity contribution is 6.30. The topological polar surface area (TPSA) is 66.4 Å². The third-order valence-corrected chi connectivity index (χ3v) is 4.53. The van der Waals surface area contributed by atoms with Crippen molar-refractivity contribution in [3.05, 3.63) is 70.2 Å². The molecule has 0 saturated heterocycles. The Morgan fingerprint density at radius 1 is 1.17 bits per heavy atom. The Morgan fingerprint density at radius 3 is 2.71 bits per heavy atom. The summed E-state index contributed by atoms with van der Waals surface area (Å²) in [5.41, 5.74) is 2.27. The van der Waals surface area contributed by atoms with Crippen LogP contribution in [0.25, 0.3) is 0 Å². The van der Waals surface area contributed by atoms with Gasteiger partial charge < -0.3 is 10.4 Å². The molecule has 5 heteroatoms. The zero-order chi connectivity index (χ0) is 17.1. The van der Waals surface area contributed by atoms with Crippen molar-refractivity contribution in [2.24, 2.45) is 5.92 Å². The summed E-state index contributed by atoms with van der Waals surface area (Å²) in [5, 5.41) is 12.6. The van der Waals surface area contributed by atoms with Gasteiger partial charge in [-0.05, 0) is 54.2 Å². The highest BCUT2D eigenvalue weighted by Gasteiger charge is 2.43. The molecule has 2 aromatic carbocycles. The van der Waals surface area contributed by atoms with Crippen molar-refractivity contribution >= 4 is 23.5 Å². The molecule has 0 aromatic heterocycles. The van der Waals surface area contributed by atoms with Crippen LogP contribution >= 0.6 is 11.6 Å². The van der Waals surface area contributed by atoms with Crippen LogP contribution in [0.3, 0.4) is 0 Å². The SMILES string of the molecule is O=C(O)c1cccc(CCNC(=O)C2CC2c2cccc(Cl)c2)c1. The predicted molar refractivity (Wildman–Crippen MR) is 92.4 cm³/mol. The lowest BCUT2D eigenvalue weighted by molar-refractivity contribution is -0.122. The van der Waals surface area contributed by atoms with E-state index >= 15 is 0 Å². The van der Waals surface area contributed by atoms with Crippen molar-refractivity contribution < 1.29 is 14.7 Å². The second-order valence-electron chi connectivity index (χ2n) is 6.05. The number of hydrogen-bond donors (Lipinski definition) is 2. The molecule has 2 unspecified atom stereocenters. The molecule has 0 radical (unpaired) electrons. The van der Waals surface area contributed by atoms with Gasteiger partial charge in [-0.25, -0.2) is 4.79 Å². The van der Waals surface area contributed by atoms with E-state index in [0.29, 0.717) is 18.0 Å². The third-order valence-electron chi connectivity index (χ3n) is 4.29. The molecule has 0 aliphatic heterocycles. The minimum Gasteiger partial charge on any atom is -0.478 e. The first-order valence-electron chi connectivity index (χ1n) is 7.90. The Bertz CT molecular complexity index is 775. The Morgan fingerprint density at radius 2 is 1.96 bits per heavy atom. The normalized spacial score (nSPS) is 18.9. The van der Waals surface area contributed by atoms with Gasteiger partial charge in [0.05, 0.1) is 5.56 Å². The molecule has 3 rings (SSSR count). The van der Waals surface area contributed by atoms with E-state index in [0.717, 1.165) is 17.5 Å². The second kappa shape index (κ2) is 7.05. The molecular weight excluding hydrogens is 326 g/mol. The summed E-state index contributed by atoms with van der Waals surface area (Å²) in [6.07, 6.45) is 1.46. The van der Waals surface area contributed by atoms with Gasteiger partial charge in [-0.2, -0.15) is 0 Å². The zero-order valence-corrected chi connectivity index (χ0v) is 13.8. The quantitative estimate of drug-likeness (QED) is 0.843. The summed E-state index contributed by atoms with van der Waals surface area (Å²) >= 11 is 5.99. The zero-order valence-electron chi connectivity index (χ0n) is 13.0. The van der Waals surface area contributed by atoms with Gasteiger partial charge in [0.15, 0.2) is 0 Å². The summed E-state index contributed by atoms with van der Waals surface area (Å²) < 4.78 is 0. The Hall–Kier alpha value is -2.33. The molecule has 1 fully saturated rings. The first kappa shape index (κ1) is 16.5. The van der Waals surface area contributed by atoms with Crippen molar-refractivity contribution in [3.63, 3.8) is 0 Å². The highest BCUT2D eigenvalue weighted by atomic mass is 35.5. The molecule has 0 heterocycles. The van der Waals surface area contributed by atoms with Gasteiger partial charge in [-0.1, -0.05) is 35.9 Å². The van der Waals surface area contributed by atoms with Crippen molar-refractivity contribution in [2.45, 2.75) is 18.8 Å². The third kappa shape index (κ3) is 3.95. The van der Waals surface area contributed by atoms with Crippen LogP contribution in [-0.4, -0.2) is 23.5 Å². The molecule has 2 atom stereocenters. The van der Waals surface area contributed by atoms with Crippen LogP contribution in [0.2, 0.25) is 5.02 Å². The van der Waals surface area contributed by atoms with Crippen molar-refractivity contribution in [3.8, 4) is 0 Å². The largest absolute Gasteiger partial charge is 0.478 e. The van der Waals surface area contributed by atoms with E-state index in [4.69, 9.17) is 16.7 Å². The number of carbonyl (C=O) groups is 2. The second-order valence-corrected chi connectivity index (χ2v) is 6.49. The highest BCUT2D eigenvalue weighted by Crippen LogP contribution is 2.47. The maximum absolute atomic E-state index is 12.2. The fourth-order valence-corrected chi connectivity index (χ4v) is 3.11. The summed E-state index contributed by atoms with van der Waals surface area (Å²) in [6, 6.07) is 14.4. The summed E-state index contributed by atoms with van der Waals surface area (Å²) in [7, 11) is 0. The van der Waals surface area contributed by atoms with E-state index in [-0.39, 0.29) is 23.3 Å². The molecule has 2 aromatic rings. The lowest BCUT2D eigenvalue weighted by atomic mass is 10.1. The van der Waals surface area contributed by atoms with Crippen LogP contribution < -0.4 is 5.32 Å². The summed E-state index contributed by atoms with van der Waals surface area (Å²) in [5.74, 6) is -0.634. The van der Waals surface area contributed by atoms with E-state index in [2.05, 4.69) is 5.32 Å². The molecule has 1 aliphatic rings. The lowest BCUT2D eigenvalue weighted by Gasteiger charge is -2.06. The maximum Gasteiger partial charge on any atom is 0.335 e. The van der Waals surface area contributed by atoms with Crippen LogP contribution in [0.15, 0.2) is 48.5 Å². The van der Waals surface area contributed by atoms with Crippen molar-refractivity contribution in [2.75, 3.05) is 6.54 Å². The van der Waals surface area contributed by atoms with Crippen LogP contribution in [0, 0.1) is 5.92 Å². The number of halogens is 1. The van der Waals surface area contributed by atoms with Gasteiger partial charge in [0.1, 0.15) is 0 Å². The van der Waals surface area contributed by atoms with Crippen LogP contribution in [-0.2, 0) is 11.2 Å². The number of carbonyl (C=O) groups excluding carboxylic acids is 1. The van der Waals surface area contributed by atoms with Gasteiger partial charge >= 0.3 is 5.97 Å². The van der Waals surface area contributed by atoms with Gasteiger partial charge in [0, 0.05) is 17.5 Å². The fraction of sp³-hybridized carbons (Fsp3) is 0.263. The monoisotopic (exact) mass is 343 g/mol. The van der Waals surface area contributed by atoms with Gasteiger partial charge in [0.25, 0.3) is 0 Å². The number of aromatic carboxylic acids is 1. The fourth-order valence-electron chi connectivity index (χ4n) is 2.91. The van der Waals surface area contributed by atoms with E-state index in [1.165, 1.54) is 0 Å².